The lowest BCUT2D eigenvalue weighted by atomic mass is 9.81. The van der Waals surface area contributed by atoms with Crippen molar-refractivity contribution in [1.29, 1.82) is 0 Å². The van der Waals surface area contributed by atoms with Crippen molar-refractivity contribution in [2.75, 3.05) is 50.2 Å². The first-order chi connectivity index (χ1) is 35.9. The van der Waals surface area contributed by atoms with E-state index in [1.54, 1.807) is 12.1 Å². The van der Waals surface area contributed by atoms with Crippen LogP contribution in [0.25, 0.3) is 5.57 Å². The Bertz CT molecular complexity index is 3470. The molecule has 0 spiro atoms. The number of aryl methyl sites for hydroxylation is 3. The molecule has 4 aromatic rings. The predicted molar refractivity (Wildman–Crippen MR) is 279 cm³/mol. The number of anilines is 1. The van der Waals surface area contributed by atoms with Crippen molar-refractivity contribution in [3.8, 4) is 11.5 Å². The Hall–Kier alpha value is -4.42. The standard InChI is InChI=1S/C48H56N5O18P3S2/c1-26-22-53(47(58)50-44(26)54)38-21-36(37(68-38)23-67-73(62,63)71-74(64,65)70-72(59,60)61)66-25-75-76-48(2,3)24-49-45(55)29-12-13-30(33(20-29)46(56)57)39-34-18-27-8-4-14-51-16-6-10-31(40(27)51)42(34)69-43-32-11-7-17-52-15-5-9-28(41(32)52)19-35(39)43/h12-13,18-20,22,36-38H,4-11,14-17,21,23-25H2,1-3H3,(H6-,49,50,54,55,56,57,58,59,60,61,62,63,64,65)/p+1/t36?,37-,38-/m1/s1. The monoisotopic (exact) mass is 1150 g/mol. The van der Waals surface area contributed by atoms with E-state index in [2.05, 4.69) is 40.5 Å². The van der Waals surface area contributed by atoms with E-state index in [0.717, 1.165) is 110 Å². The Morgan fingerprint density at radius 3 is 2.38 bits per heavy atom. The molecule has 7 N–H and O–H groups in total. The van der Waals surface area contributed by atoms with Crippen molar-refractivity contribution in [3.63, 3.8) is 0 Å². The molecule has 7 heterocycles. The van der Waals surface area contributed by atoms with Crippen molar-refractivity contribution in [2.24, 2.45) is 0 Å². The van der Waals surface area contributed by atoms with Crippen LogP contribution in [-0.4, -0.2) is 108 Å². The maximum absolute atomic E-state index is 14.0. The van der Waals surface area contributed by atoms with Gasteiger partial charge in [0.15, 0.2) is 0 Å². The molecule has 1 amide bonds. The zero-order valence-electron chi connectivity index (χ0n) is 41.6. The zero-order chi connectivity index (χ0) is 54.1. The summed E-state index contributed by atoms with van der Waals surface area (Å²) in [6.07, 6.45) is 5.41. The molecule has 6 aliphatic rings. The molecule has 6 aliphatic heterocycles. The fraction of sp³-hybridized carbons (Fsp3) is 0.479. The number of carbonyl (C=O) groups excluding carboxylic acids is 1. The molecule has 0 radical (unpaired) electrons. The normalized spacial score (nSPS) is 21.4. The number of rotatable bonds is 18. The van der Waals surface area contributed by atoms with Crippen molar-refractivity contribution >= 4 is 68.2 Å². The second kappa shape index (κ2) is 21.3. The molecular weight excluding hydrogens is 1090 g/mol. The highest BCUT2D eigenvalue weighted by atomic mass is 33.1. The molecule has 1 saturated heterocycles. The number of phosphoric ester groups is 1. The number of carboxylic acids is 1. The number of carboxylic acid groups (broad SMARTS) is 1. The number of phosphoric acid groups is 3. The molecule has 1 fully saturated rings. The van der Waals surface area contributed by atoms with Crippen LogP contribution >= 0.6 is 45.1 Å². The lowest BCUT2D eigenvalue weighted by Gasteiger charge is -2.39. The third-order valence-corrected chi connectivity index (χ3v) is 21.0. The van der Waals surface area contributed by atoms with Gasteiger partial charge in [-0.05, 0) is 94.7 Å². The molecule has 10 rings (SSSR count). The number of aromatic amines is 1. The molecule has 76 heavy (non-hydrogen) atoms. The van der Waals surface area contributed by atoms with Gasteiger partial charge in [0.05, 0.1) is 23.8 Å². The number of fused-ring (bicyclic) bond motifs is 4. The zero-order valence-corrected chi connectivity index (χ0v) is 45.9. The Morgan fingerprint density at radius 2 is 1.63 bits per heavy atom. The Labute approximate surface area is 442 Å². The van der Waals surface area contributed by atoms with Crippen LogP contribution in [0.15, 0.2) is 46.1 Å². The van der Waals surface area contributed by atoms with E-state index in [0.29, 0.717) is 5.56 Å². The van der Waals surface area contributed by atoms with Crippen LogP contribution in [0.1, 0.15) is 112 Å². The van der Waals surface area contributed by atoms with E-state index in [1.807, 2.05) is 13.8 Å². The number of benzene rings is 3. The van der Waals surface area contributed by atoms with Gasteiger partial charge in [-0.15, -0.1) is 0 Å². The number of nitrogens with zero attached hydrogens (tertiary/aromatic N) is 3. The van der Waals surface area contributed by atoms with Crippen molar-refractivity contribution < 1.29 is 75.3 Å². The summed E-state index contributed by atoms with van der Waals surface area (Å²) in [5, 5.41) is 16.0. The fourth-order valence-corrected chi connectivity index (χ4v) is 16.3. The van der Waals surface area contributed by atoms with Gasteiger partial charge in [-0.2, -0.15) is 8.62 Å². The molecule has 0 saturated carbocycles. The van der Waals surface area contributed by atoms with Gasteiger partial charge in [0.25, 0.3) is 11.5 Å². The van der Waals surface area contributed by atoms with Gasteiger partial charge in [0.1, 0.15) is 42.9 Å². The Balaban J connectivity index is 0.852. The van der Waals surface area contributed by atoms with Crippen LogP contribution in [0.3, 0.4) is 0 Å². The van der Waals surface area contributed by atoms with Gasteiger partial charge in [0, 0.05) is 94.1 Å². The van der Waals surface area contributed by atoms with Crippen molar-refractivity contribution in [1.82, 2.24) is 19.4 Å². The number of hydrogen-bond acceptors (Lipinski definition) is 16. The molecular formula is C48H57N5O18P3S2+. The lowest BCUT2D eigenvalue weighted by molar-refractivity contribution is -0.0543. The predicted octanol–water partition coefficient (Wildman–Crippen LogP) is 4.54. The van der Waals surface area contributed by atoms with Gasteiger partial charge in [-0.3, -0.25) is 23.7 Å². The maximum Gasteiger partial charge on any atom is 0.490 e. The van der Waals surface area contributed by atoms with E-state index in [-0.39, 0.29) is 35.6 Å². The average Bonchev–Trinajstić information content (AvgIpc) is 3.84. The lowest BCUT2D eigenvalue weighted by Crippen LogP contribution is -2.45. The van der Waals surface area contributed by atoms with Gasteiger partial charge in [-0.25, -0.2) is 27.9 Å². The van der Waals surface area contributed by atoms with Gasteiger partial charge < -0.3 is 49.1 Å². The minimum atomic E-state index is -5.82. The van der Waals surface area contributed by atoms with Gasteiger partial charge in [0.2, 0.25) is 5.36 Å². The molecule has 3 aromatic carbocycles. The van der Waals surface area contributed by atoms with Crippen LogP contribution in [0.2, 0.25) is 0 Å². The van der Waals surface area contributed by atoms with E-state index in [1.165, 1.54) is 74.1 Å². The van der Waals surface area contributed by atoms with Crippen molar-refractivity contribution in [3.05, 3.63) is 118 Å². The number of hydrogen-bond donors (Lipinski definition) is 7. The SMILES string of the molecule is Cc1cn([C@H]2CC(OCSSC(C)(C)CNC(=O)c3ccc(C4=c5cc6c7c(c5Oc5c4cc4c8c5CCCN8CCC4)CCC[N+]=7CCC6)c(C(=O)O)c3)[C@@H](COP(=O)(O)OP(=O)(O)OP(=O)(O)O)O2)c(=O)[nH]c1=O. The third-order valence-electron chi connectivity index (χ3n) is 14.2. The average molecular weight is 1150 g/mol. The Morgan fingerprint density at radius 1 is 0.908 bits per heavy atom. The fourth-order valence-electron chi connectivity index (χ4n) is 11.1. The number of amides is 1. The van der Waals surface area contributed by atoms with Crippen LogP contribution < -0.4 is 41.4 Å². The van der Waals surface area contributed by atoms with E-state index >= 15 is 0 Å². The largest absolute Gasteiger partial charge is 0.490 e. The van der Waals surface area contributed by atoms with Crippen LogP contribution in [0.4, 0.5) is 5.69 Å². The summed E-state index contributed by atoms with van der Waals surface area (Å²) < 4.78 is 70.0. The van der Waals surface area contributed by atoms with Crippen LogP contribution in [-0.2, 0) is 62.0 Å². The van der Waals surface area contributed by atoms with Crippen molar-refractivity contribution in [2.45, 2.75) is 102 Å². The molecule has 3 unspecified atom stereocenters. The minimum Gasteiger partial charge on any atom is -0.478 e. The van der Waals surface area contributed by atoms with Crippen LogP contribution in [0.5, 0.6) is 11.5 Å². The Kier molecular flexibility index (Phi) is 15.4. The molecule has 5 atom stereocenters. The first-order valence-corrected chi connectivity index (χ1v) is 31.6. The number of aromatic nitrogens is 2. The topological polar surface area (TPSA) is 315 Å². The third kappa shape index (κ3) is 11.5. The molecule has 408 valence electrons. The first-order valence-electron chi connectivity index (χ1n) is 24.7. The second-order valence-electron chi connectivity index (χ2n) is 20.1. The molecule has 28 heteroatoms. The summed E-state index contributed by atoms with van der Waals surface area (Å²) in [6.45, 7) is 8.41. The number of H-pyrrole nitrogens is 1. The molecule has 1 aromatic heterocycles. The smallest absolute Gasteiger partial charge is 0.478 e. The minimum absolute atomic E-state index is 0.0113. The highest BCUT2D eigenvalue weighted by Crippen LogP contribution is 2.66. The van der Waals surface area contributed by atoms with Gasteiger partial charge in [-0.1, -0.05) is 27.7 Å². The summed E-state index contributed by atoms with van der Waals surface area (Å²) in [5.74, 6) is -0.130. The first kappa shape index (κ1) is 54.9. The molecule has 0 bridgehead atoms. The van der Waals surface area contributed by atoms with Gasteiger partial charge >= 0.3 is 35.1 Å². The highest BCUT2D eigenvalue weighted by molar-refractivity contribution is 8.77. The molecule has 0 aliphatic carbocycles. The van der Waals surface area contributed by atoms with E-state index < -0.39 is 76.4 Å². The summed E-state index contributed by atoms with van der Waals surface area (Å²) in [5.41, 5.74) is 7.10. The summed E-state index contributed by atoms with van der Waals surface area (Å²) >= 11 is 0. The quantitative estimate of drug-likeness (QED) is 0.0208. The highest BCUT2D eigenvalue weighted by Gasteiger charge is 2.44. The molecule has 23 nitrogen and oxygen atoms in total. The van der Waals surface area contributed by atoms with E-state index in [4.69, 9.17) is 28.5 Å². The number of nitrogens with one attached hydrogen (secondary N) is 2. The summed E-state index contributed by atoms with van der Waals surface area (Å²) in [6, 6.07) is 9.27. The second-order valence-corrected chi connectivity index (χ2v) is 27.5. The number of carbonyl (C=O) groups is 2. The van der Waals surface area contributed by atoms with Crippen LogP contribution in [0, 0.1) is 6.92 Å². The summed E-state index contributed by atoms with van der Waals surface area (Å²) in [7, 11) is -14.5. The maximum atomic E-state index is 14.0. The van der Waals surface area contributed by atoms with E-state index in [9.17, 15) is 47.8 Å². The summed E-state index contributed by atoms with van der Waals surface area (Å²) in [4.78, 5) is 94.3. The number of aromatic carboxylic acids is 1. The number of ether oxygens (including phenoxy) is 3.